The van der Waals surface area contributed by atoms with Gasteiger partial charge in [0.15, 0.2) is 5.82 Å². The minimum Gasteiger partial charge on any atom is -0.334 e. The normalized spacial score (nSPS) is 33.1. The molecule has 4 bridgehead atoms. The Morgan fingerprint density at radius 3 is 2.28 bits per heavy atom. The van der Waals surface area contributed by atoms with Crippen LogP contribution in [0.15, 0.2) is 20.3 Å². The van der Waals surface area contributed by atoms with Gasteiger partial charge in [0.05, 0.1) is 0 Å². The molecule has 4 aliphatic rings. The molecule has 7 nitrogen and oxygen atoms in total. The summed E-state index contributed by atoms with van der Waals surface area (Å²) in [4.78, 5) is 28.9. The Morgan fingerprint density at radius 1 is 1.08 bits per heavy atom. The van der Waals surface area contributed by atoms with Crippen molar-refractivity contribution in [1.82, 2.24) is 19.3 Å². The predicted octanol–water partition coefficient (Wildman–Crippen LogP) is 1.60. The van der Waals surface area contributed by atoms with Crippen molar-refractivity contribution >= 4 is 0 Å². The maximum absolute atomic E-state index is 12.4. The topological polar surface area (TPSA) is 82.9 Å². The summed E-state index contributed by atoms with van der Waals surface area (Å²) in [5.41, 5.74) is -0.450. The van der Waals surface area contributed by atoms with Crippen molar-refractivity contribution in [2.75, 3.05) is 0 Å². The molecule has 4 aliphatic carbocycles. The maximum Gasteiger partial charge on any atom is 0.330 e. The van der Waals surface area contributed by atoms with Gasteiger partial charge in [-0.3, -0.25) is 9.36 Å². The van der Waals surface area contributed by atoms with Crippen molar-refractivity contribution in [2.24, 2.45) is 31.8 Å². The first-order valence-electron chi connectivity index (χ1n) is 9.06. The number of nitrogens with zero attached hydrogens (tertiary/aromatic N) is 4. The van der Waals surface area contributed by atoms with Crippen LogP contribution >= 0.6 is 0 Å². The second-order valence-electron chi connectivity index (χ2n) is 8.42. The molecule has 0 spiro atoms. The summed E-state index contributed by atoms with van der Waals surface area (Å²) in [6, 6.07) is 0. The molecule has 0 aromatic carbocycles. The van der Waals surface area contributed by atoms with Crippen LogP contribution in [0.3, 0.4) is 0 Å². The molecule has 0 saturated heterocycles. The lowest BCUT2D eigenvalue weighted by molar-refractivity contribution is -0.0103. The van der Waals surface area contributed by atoms with Crippen LogP contribution in [0.4, 0.5) is 0 Å². The SMILES string of the molecule is Cn1cc(-c2nc(C34CC5CC(CC(C5)C3)C4)no2)c(=O)n(C)c1=O. The van der Waals surface area contributed by atoms with Gasteiger partial charge in [0, 0.05) is 25.7 Å². The molecule has 7 heteroatoms. The summed E-state index contributed by atoms with van der Waals surface area (Å²) in [7, 11) is 3.08. The molecule has 4 fully saturated rings. The van der Waals surface area contributed by atoms with E-state index in [9.17, 15) is 9.59 Å². The van der Waals surface area contributed by atoms with Crippen LogP contribution < -0.4 is 11.2 Å². The fraction of sp³-hybridized carbons (Fsp3) is 0.667. The minimum absolute atomic E-state index is 0.0302. The van der Waals surface area contributed by atoms with Gasteiger partial charge in [-0.1, -0.05) is 5.16 Å². The molecule has 132 valence electrons. The average Bonchev–Trinajstić information content (AvgIpc) is 3.06. The highest BCUT2D eigenvalue weighted by Gasteiger charge is 2.53. The quantitative estimate of drug-likeness (QED) is 0.828. The molecule has 0 amide bonds. The van der Waals surface area contributed by atoms with Gasteiger partial charge in [-0.25, -0.2) is 4.79 Å². The van der Waals surface area contributed by atoms with E-state index in [4.69, 9.17) is 4.52 Å². The molecule has 0 atom stereocenters. The number of hydrogen-bond acceptors (Lipinski definition) is 5. The van der Waals surface area contributed by atoms with E-state index >= 15 is 0 Å². The van der Waals surface area contributed by atoms with Crippen LogP contribution in [0.25, 0.3) is 11.5 Å². The number of aromatic nitrogens is 4. The summed E-state index contributed by atoms with van der Waals surface area (Å²) >= 11 is 0. The van der Waals surface area contributed by atoms with Gasteiger partial charge in [0.2, 0.25) is 0 Å². The molecule has 0 unspecified atom stereocenters. The van der Waals surface area contributed by atoms with Crippen molar-refractivity contribution in [1.29, 1.82) is 0 Å². The number of aryl methyl sites for hydroxylation is 1. The Balaban J connectivity index is 1.57. The predicted molar refractivity (Wildman–Crippen MR) is 90.1 cm³/mol. The van der Waals surface area contributed by atoms with Crippen molar-refractivity contribution in [3.63, 3.8) is 0 Å². The van der Waals surface area contributed by atoms with Gasteiger partial charge in [0.1, 0.15) is 5.56 Å². The Bertz CT molecular complexity index is 932. The zero-order valence-electron chi connectivity index (χ0n) is 14.6. The minimum atomic E-state index is -0.399. The summed E-state index contributed by atoms with van der Waals surface area (Å²) in [6.07, 6.45) is 8.97. The van der Waals surface area contributed by atoms with Gasteiger partial charge in [0.25, 0.3) is 11.4 Å². The van der Waals surface area contributed by atoms with E-state index in [0.29, 0.717) is 0 Å². The molecule has 0 aliphatic heterocycles. The lowest BCUT2D eigenvalue weighted by atomic mass is 9.49. The van der Waals surface area contributed by atoms with Crippen LogP contribution in [-0.4, -0.2) is 19.3 Å². The van der Waals surface area contributed by atoms with Crippen LogP contribution in [0.1, 0.15) is 44.3 Å². The number of rotatable bonds is 2. The zero-order valence-corrected chi connectivity index (χ0v) is 14.6. The Kier molecular flexibility index (Phi) is 2.98. The first kappa shape index (κ1) is 15.1. The van der Waals surface area contributed by atoms with E-state index in [2.05, 4.69) is 10.1 Å². The van der Waals surface area contributed by atoms with Crippen LogP contribution in [0.2, 0.25) is 0 Å². The second kappa shape index (κ2) is 4.93. The van der Waals surface area contributed by atoms with E-state index in [1.807, 2.05) is 0 Å². The summed E-state index contributed by atoms with van der Waals surface area (Å²) in [5.74, 6) is 3.36. The molecule has 25 heavy (non-hydrogen) atoms. The Hall–Kier alpha value is -2.18. The van der Waals surface area contributed by atoms with Gasteiger partial charge in [-0.05, 0) is 56.3 Å². The van der Waals surface area contributed by atoms with E-state index in [-0.39, 0.29) is 22.6 Å². The average molecular weight is 342 g/mol. The third-order valence-electron chi connectivity index (χ3n) is 6.62. The molecule has 2 aromatic heterocycles. The van der Waals surface area contributed by atoms with Crippen LogP contribution in [0.5, 0.6) is 0 Å². The van der Waals surface area contributed by atoms with Crippen LogP contribution in [0, 0.1) is 17.8 Å². The highest BCUT2D eigenvalue weighted by molar-refractivity contribution is 5.49. The number of hydrogen-bond donors (Lipinski definition) is 0. The third-order valence-corrected chi connectivity index (χ3v) is 6.62. The summed E-state index contributed by atoms with van der Waals surface area (Å²) < 4.78 is 7.92. The Labute approximate surface area is 144 Å². The molecular formula is C18H22N4O3. The monoisotopic (exact) mass is 342 g/mol. The van der Waals surface area contributed by atoms with E-state index in [1.54, 1.807) is 7.05 Å². The molecule has 0 radical (unpaired) electrons. The van der Waals surface area contributed by atoms with Crippen molar-refractivity contribution in [2.45, 2.75) is 43.9 Å². The Morgan fingerprint density at radius 2 is 1.68 bits per heavy atom. The fourth-order valence-corrected chi connectivity index (χ4v) is 5.89. The van der Waals surface area contributed by atoms with Gasteiger partial charge in [-0.2, -0.15) is 4.98 Å². The van der Waals surface area contributed by atoms with E-state index in [1.165, 1.54) is 37.1 Å². The van der Waals surface area contributed by atoms with Crippen molar-refractivity contribution in [3.8, 4) is 11.5 Å². The molecular weight excluding hydrogens is 320 g/mol. The van der Waals surface area contributed by atoms with Gasteiger partial charge < -0.3 is 9.09 Å². The van der Waals surface area contributed by atoms with Gasteiger partial charge >= 0.3 is 5.69 Å². The van der Waals surface area contributed by atoms with Crippen molar-refractivity contribution in [3.05, 3.63) is 32.9 Å². The largest absolute Gasteiger partial charge is 0.334 e. The summed E-state index contributed by atoms with van der Waals surface area (Å²) in [6.45, 7) is 0. The zero-order chi connectivity index (χ0) is 17.3. The van der Waals surface area contributed by atoms with E-state index in [0.717, 1.165) is 47.4 Å². The smallest absolute Gasteiger partial charge is 0.330 e. The van der Waals surface area contributed by atoms with E-state index < -0.39 is 5.56 Å². The highest BCUT2D eigenvalue weighted by Crippen LogP contribution is 2.60. The maximum atomic E-state index is 12.4. The third kappa shape index (κ3) is 2.10. The molecule has 4 saturated carbocycles. The summed E-state index contributed by atoms with van der Waals surface area (Å²) in [5, 5.41) is 4.28. The van der Waals surface area contributed by atoms with Crippen LogP contribution in [-0.2, 0) is 19.5 Å². The molecule has 6 rings (SSSR count). The molecule has 2 aromatic rings. The lowest BCUT2D eigenvalue weighted by Gasteiger charge is -2.55. The first-order chi connectivity index (χ1) is 11.9. The van der Waals surface area contributed by atoms with Crippen molar-refractivity contribution < 1.29 is 4.52 Å². The first-order valence-corrected chi connectivity index (χ1v) is 9.06. The molecule has 0 N–H and O–H groups in total. The standard InChI is InChI=1S/C18H22N4O3/c1-21-9-13(15(23)22(2)17(21)24)14-19-16(20-25-14)18-6-10-3-11(7-18)5-12(4-10)8-18/h9-12H,3-8H2,1-2H3. The van der Waals surface area contributed by atoms with Gasteiger partial charge in [-0.15, -0.1) is 0 Å². The highest BCUT2D eigenvalue weighted by atomic mass is 16.5. The fourth-order valence-electron chi connectivity index (χ4n) is 5.89. The molecule has 2 heterocycles. The second-order valence-corrected chi connectivity index (χ2v) is 8.42. The lowest BCUT2D eigenvalue weighted by Crippen LogP contribution is -2.49.